The van der Waals surface area contributed by atoms with Crippen molar-refractivity contribution < 1.29 is 0 Å². The second kappa shape index (κ2) is 7.92. The average Bonchev–Trinajstić information content (AvgIpc) is 3.02. The third-order valence-corrected chi connectivity index (χ3v) is 11.6. The van der Waals surface area contributed by atoms with Crippen LogP contribution in [0.2, 0.25) is 0 Å². The van der Waals surface area contributed by atoms with Gasteiger partial charge >= 0.3 is 0 Å². The smallest absolute Gasteiger partial charge is 0.0264 e. The SMILES string of the molecule is CC(C)[C@@H](C)CC[C@@H](C)[C@@H]1CC[C@H]2[C@@H]3CCC4CCCC[C@]4(C)[C@H]3CC[C@@]21C. The van der Waals surface area contributed by atoms with Crippen LogP contribution in [0.1, 0.15) is 119 Å². The lowest BCUT2D eigenvalue weighted by molar-refractivity contribution is -0.114. The summed E-state index contributed by atoms with van der Waals surface area (Å²) in [5, 5.41) is 0. The number of rotatable bonds is 5. The Morgan fingerprint density at radius 2 is 1.46 bits per heavy atom. The first kappa shape index (κ1) is 21.2. The van der Waals surface area contributed by atoms with Gasteiger partial charge in [-0.2, -0.15) is 0 Å². The molecule has 0 heteroatoms. The molecule has 4 saturated carbocycles. The molecule has 0 bridgehead atoms. The summed E-state index contributed by atoms with van der Waals surface area (Å²) in [4.78, 5) is 0. The Morgan fingerprint density at radius 1 is 0.714 bits per heavy atom. The Bertz CT molecular complexity index is 534. The van der Waals surface area contributed by atoms with Crippen LogP contribution in [0.15, 0.2) is 0 Å². The highest BCUT2D eigenvalue weighted by Gasteiger charge is 2.60. The summed E-state index contributed by atoms with van der Waals surface area (Å²) >= 11 is 0. The third kappa shape index (κ3) is 3.41. The highest BCUT2D eigenvalue weighted by molar-refractivity contribution is 5.09. The molecule has 9 atom stereocenters. The summed E-state index contributed by atoms with van der Waals surface area (Å²) < 4.78 is 0. The summed E-state index contributed by atoms with van der Waals surface area (Å²) in [5.41, 5.74) is 1.37. The van der Waals surface area contributed by atoms with Crippen LogP contribution in [-0.4, -0.2) is 0 Å². The highest BCUT2D eigenvalue weighted by Crippen LogP contribution is 2.68. The zero-order valence-corrected chi connectivity index (χ0v) is 20.1. The minimum absolute atomic E-state index is 0.666. The molecule has 4 aliphatic carbocycles. The zero-order valence-electron chi connectivity index (χ0n) is 20.1. The summed E-state index contributed by atoms with van der Waals surface area (Å²) in [6, 6.07) is 0. The molecule has 0 N–H and O–H groups in total. The first-order valence-electron chi connectivity index (χ1n) is 13.3. The van der Waals surface area contributed by atoms with Crippen molar-refractivity contribution in [3.8, 4) is 0 Å². The molecule has 0 aromatic carbocycles. The number of fused-ring (bicyclic) bond motifs is 5. The molecule has 0 aromatic heterocycles. The minimum atomic E-state index is 0.666. The van der Waals surface area contributed by atoms with Gasteiger partial charge in [0.05, 0.1) is 0 Å². The van der Waals surface area contributed by atoms with Crippen molar-refractivity contribution in [2.24, 2.45) is 58.2 Å². The van der Waals surface area contributed by atoms with E-state index >= 15 is 0 Å². The zero-order chi connectivity index (χ0) is 20.1. The quantitative estimate of drug-likeness (QED) is 0.443. The monoisotopic (exact) mass is 386 g/mol. The fraction of sp³-hybridized carbons (Fsp3) is 1.00. The van der Waals surface area contributed by atoms with Gasteiger partial charge in [-0.15, -0.1) is 0 Å². The predicted molar refractivity (Wildman–Crippen MR) is 122 cm³/mol. The van der Waals surface area contributed by atoms with Gasteiger partial charge < -0.3 is 0 Å². The molecule has 0 radical (unpaired) electrons. The van der Waals surface area contributed by atoms with E-state index in [1.807, 2.05) is 0 Å². The maximum Gasteiger partial charge on any atom is -0.0264 e. The average molecular weight is 387 g/mol. The number of hydrogen-bond acceptors (Lipinski definition) is 0. The standard InChI is InChI=1S/C28H50/c1-19(2)20(3)10-11-21(4)24-14-15-25-23-13-12-22-9-7-8-17-27(22,5)26(23)16-18-28(24,25)6/h19-26H,7-18H2,1-6H3/t20-,21+,22?,23-,24-,25-,26-,27-,28+/m0/s1. The normalized spacial score (nSPS) is 47.9. The van der Waals surface area contributed by atoms with E-state index < -0.39 is 0 Å². The van der Waals surface area contributed by atoms with E-state index in [4.69, 9.17) is 0 Å². The first-order chi connectivity index (χ1) is 13.3. The fourth-order valence-corrected chi connectivity index (χ4v) is 9.33. The highest BCUT2D eigenvalue weighted by atomic mass is 14.6. The first-order valence-corrected chi connectivity index (χ1v) is 13.3. The van der Waals surface area contributed by atoms with Crippen LogP contribution in [0.3, 0.4) is 0 Å². The van der Waals surface area contributed by atoms with Gasteiger partial charge in [0.2, 0.25) is 0 Å². The Morgan fingerprint density at radius 3 is 2.21 bits per heavy atom. The Hall–Kier alpha value is 0. The van der Waals surface area contributed by atoms with E-state index in [9.17, 15) is 0 Å². The lowest BCUT2D eigenvalue weighted by Gasteiger charge is -2.61. The summed E-state index contributed by atoms with van der Waals surface area (Å²) in [7, 11) is 0. The molecule has 0 spiro atoms. The molecule has 0 aliphatic heterocycles. The maximum absolute atomic E-state index is 2.75. The second-order valence-electron chi connectivity index (χ2n) is 12.9. The Labute approximate surface area is 177 Å². The molecular weight excluding hydrogens is 336 g/mol. The topological polar surface area (TPSA) is 0 Å². The molecule has 0 nitrogen and oxygen atoms in total. The van der Waals surface area contributed by atoms with Crippen LogP contribution in [0, 0.1) is 58.2 Å². The molecule has 0 amide bonds. The van der Waals surface area contributed by atoms with Gasteiger partial charge in [-0.3, -0.25) is 0 Å². The Kier molecular flexibility index (Phi) is 6.01. The van der Waals surface area contributed by atoms with Gasteiger partial charge in [0, 0.05) is 0 Å². The van der Waals surface area contributed by atoms with Gasteiger partial charge in [-0.25, -0.2) is 0 Å². The van der Waals surface area contributed by atoms with E-state index in [0.717, 1.165) is 47.3 Å². The third-order valence-electron chi connectivity index (χ3n) is 11.6. The molecule has 28 heavy (non-hydrogen) atoms. The fourth-order valence-electron chi connectivity index (χ4n) is 9.33. The van der Waals surface area contributed by atoms with Gasteiger partial charge in [0.1, 0.15) is 0 Å². The van der Waals surface area contributed by atoms with Gasteiger partial charge in [-0.05, 0) is 110 Å². The molecule has 162 valence electrons. The molecule has 0 aromatic rings. The second-order valence-corrected chi connectivity index (χ2v) is 12.9. The Balaban J connectivity index is 1.46. The summed E-state index contributed by atoms with van der Waals surface area (Å²) in [6.45, 7) is 15.4. The number of hydrogen-bond donors (Lipinski definition) is 0. The van der Waals surface area contributed by atoms with Crippen LogP contribution in [0.4, 0.5) is 0 Å². The molecule has 4 fully saturated rings. The maximum atomic E-state index is 2.75. The van der Waals surface area contributed by atoms with Crippen LogP contribution in [0.5, 0.6) is 0 Å². The van der Waals surface area contributed by atoms with Crippen molar-refractivity contribution in [2.45, 2.75) is 119 Å². The van der Waals surface area contributed by atoms with E-state index in [-0.39, 0.29) is 0 Å². The van der Waals surface area contributed by atoms with Crippen LogP contribution < -0.4 is 0 Å². The van der Waals surface area contributed by atoms with Gasteiger partial charge in [-0.1, -0.05) is 67.2 Å². The van der Waals surface area contributed by atoms with Crippen molar-refractivity contribution in [1.82, 2.24) is 0 Å². The van der Waals surface area contributed by atoms with E-state index in [0.29, 0.717) is 10.8 Å². The summed E-state index contributed by atoms with van der Waals surface area (Å²) in [6.07, 6.45) is 18.4. The molecule has 0 saturated heterocycles. The van der Waals surface area contributed by atoms with Crippen molar-refractivity contribution >= 4 is 0 Å². The predicted octanol–water partition coefficient (Wildman–Crippen LogP) is 8.74. The van der Waals surface area contributed by atoms with Crippen molar-refractivity contribution in [3.63, 3.8) is 0 Å². The molecule has 1 unspecified atom stereocenters. The van der Waals surface area contributed by atoms with Crippen LogP contribution in [0.25, 0.3) is 0 Å². The molecular formula is C28H50. The minimum Gasteiger partial charge on any atom is -0.0625 e. The lowest BCUT2D eigenvalue weighted by atomic mass is 9.44. The van der Waals surface area contributed by atoms with Crippen LogP contribution >= 0.6 is 0 Å². The van der Waals surface area contributed by atoms with Crippen molar-refractivity contribution in [2.75, 3.05) is 0 Å². The van der Waals surface area contributed by atoms with Gasteiger partial charge in [0.25, 0.3) is 0 Å². The van der Waals surface area contributed by atoms with E-state index in [2.05, 4.69) is 41.5 Å². The van der Waals surface area contributed by atoms with Crippen molar-refractivity contribution in [3.05, 3.63) is 0 Å². The largest absolute Gasteiger partial charge is 0.0625 e. The lowest BCUT2D eigenvalue weighted by Crippen LogP contribution is -2.53. The van der Waals surface area contributed by atoms with Crippen LogP contribution in [-0.2, 0) is 0 Å². The van der Waals surface area contributed by atoms with Crippen molar-refractivity contribution in [1.29, 1.82) is 0 Å². The molecule has 4 aliphatic rings. The van der Waals surface area contributed by atoms with E-state index in [1.54, 1.807) is 51.4 Å². The summed E-state index contributed by atoms with van der Waals surface area (Å²) in [5.74, 6) is 7.96. The molecule has 0 heterocycles. The molecule has 4 rings (SSSR count). The van der Waals surface area contributed by atoms with E-state index in [1.165, 1.54) is 25.7 Å². The van der Waals surface area contributed by atoms with Gasteiger partial charge in [0.15, 0.2) is 0 Å².